The molecule has 0 unspecified atom stereocenters. The molecule has 28 heavy (non-hydrogen) atoms. The Bertz CT molecular complexity index is 1000. The van der Waals surface area contributed by atoms with E-state index < -0.39 is 29.6 Å². The number of nitriles is 1. The molecule has 144 valence electrons. The van der Waals surface area contributed by atoms with Gasteiger partial charge in [-0.1, -0.05) is 0 Å². The van der Waals surface area contributed by atoms with Crippen molar-refractivity contribution < 1.29 is 18.4 Å². The van der Waals surface area contributed by atoms with Gasteiger partial charge in [-0.3, -0.25) is 9.78 Å². The van der Waals surface area contributed by atoms with Gasteiger partial charge in [0.25, 0.3) is 0 Å². The number of fused-ring (bicyclic) bond motifs is 1. The van der Waals surface area contributed by atoms with E-state index in [9.17, 15) is 18.4 Å². The molecule has 1 aromatic carbocycles. The van der Waals surface area contributed by atoms with Crippen LogP contribution < -0.4 is 10.6 Å². The highest BCUT2D eigenvalue weighted by molar-refractivity contribution is 5.94. The predicted octanol–water partition coefficient (Wildman–Crippen LogP) is 2.16. The van der Waals surface area contributed by atoms with Crippen molar-refractivity contribution in [3.8, 4) is 6.07 Å². The van der Waals surface area contributed by atoms with Crippen molar-refractivity contribution in [1.82, 2.24) is 20.2 Å². The SMILES string of the molecule is Cc1nc([C@@H](C)NC(=O)CN2Cc3c(ccc(F)c3F)NC2=O)cnc1C#N. The summed E-state index contributed by atoms with van der Waals surface area (Å²) >= 11 is 0. The summed E-state index contributed by atoms with van der Waals surface area (Å²) in [5.41, 5.74) is 1.24. The van der Waals surface area contributed by atoms with Gasteiger partial charge in [0.15, 0.2) is 17.3 Å². The second kappa shape index (κ2) is 7.56. The first-order valence-electron chi connectivity index (χ1n) is 8.36. The summed E-state index contributed by atoms with van der Waals surface area (Å²) in [6, 6.07) is 3.00. The Balaban J connectivity index is 1.67. The lowest BCUT2D eigenvalue weighted by atomic mass is 10.1. The number of nitrogens with one attached hydrogen (secondary N) is 2. The van der Waals surface area contributed by atoms with Gasteiger partial charge in [0.2, 0.25) is 5.91 Å². The number of amides is 3. The first-order chi connectivity index (χ1) is 13.3. The normalized spacial score (nSPS) is 14.0. The molecule has 0 saturated heterocycles. The van der Waals surface area contributed by atoms with Crippen LogP contribution in [-0.2, 0) is 11.3 Å². The van der Waals surface area contributed by atoms with Crippen molar-refractivity contribution in [3.63, 3.8) is 0 Å². The number of anilines is 1. The topological polar surface area (TPSA) is 111 Å². The zero-order valence-electron chi connectivity index (χ0n) is 15.1. The van der Waals surface area contributed by atoms with Crippen molar-refractivity contribution in [2.75, 3.05) is 11.9 Å². The lowest BCUT2D eigenvalue weighted by Gasteiger charge is -2.29. The van der Waals surface area contributed by atoms with Crippen LogP contribution in [0.1, 0.15) is 35.6 Å². The van der Waals surface area contributed by atoms with E-state index in [-0.39, 0.29) is 30.0 Å². The van der Waals surface area contributed by atoms with Crippen molar-refractivity contribution in [1.29, 1.82) is 5.26 Å². The molecule has 3 rings (SSSR count). The lowest BCUT2D eigenvalue weighted by molar-refractivity contribution is -0.122. The van der Waals surface area contributed by atoms with Gasteiger partial charge in [0.1, 0.15) is 12.6 Å². The largest absolute Gasteiger partial charge is 0.346 e. The number of carbonyl (C=O) groups excluding carboxylic acids is 2. The van der Waals surface area contributed by atoms with Gasteiger partial charge in [-0.15, -0.1) is 0 Å². The number of aryl methyl sites for hydroxylation is 1. The van der Waals surface area contributed by atoms with Crippen LogP contribution in [0.25, 0.3) is 0 Å². The van der Waals surface area contributed by atoms with Gasteiger partial charge in [0, 0.05) is 5.56 Å². The predicted molar refractivity (Wildman–Crippen MR) is 93.8 cm³/mol. The first-order valence-corrected chi connectivity index (χ1v) is 8.36. The molecule has 2 heterocycles. The fourth-order valence-electron chi connectivity index (χ4n) is 2.80. The summed E-state index contributed by atoms with van der Waals surface area (Å²) < 4.78 is 27.4. The minimum absolute atomic E-state index is 0.0194. The summed E-state index contributed by atoms with van der Waals surface area (Å²) in [4.78, 5) is 33.7. The van der Waals surface area contributed by atoms with Crippen molar-refractivity contribution in [2.24, 2.45) is 0 Å². The Labute approximate surface area is 159 Å². The van der Waals surface area contributed by atoms with Crippen molar-refractivity contribution >= 4 is 17.6 Å². The average Bonchev–Trinajstić information content (AvgIpc) is 2.66. The number of halogens is 2. The maximum Gasteiger partial charge on any atom is 0.322 e. The van der Waals surface area contributed by atoms with E-state index in [0.29, 0.717) is 11.4 Å². The third kappa shape index (κ3) is 3.73. The summed E-state index contributed by atoms with van der Waals surface area (Å²) in [7, 11) is 0. The molecular formula is C18H16F2N6O2. The number of hydrogen-bond acceptors (Lipinski definition) is 5. The van der Waals surface area contributed by atoms with E-state index in [2.05, 4.69) is 20.6 Å². The summed E-state index contributed by atoms with van der Waals surface area (Å²) in [6.45, 7) is 2.72. The number of rotatable bonds is 4. The summed E-state index contributed by atoms with van der Waals surface area (Å²) in [6.07, 6.45) is 1.39. The molecule has 1 aliphatic heterocycles. The molecule has 0 aliphatic carbocycles. The highest BCUT2D eigenvalue weighted by Crippen LogP contribution is 2.27. The fraction of sp³-hybridized carbons (Fsp3) is 0.278. The molecule has 3 amide bonds. The third-order valence-electron chi connectivity index (χ3n) is 4.30. The van der Waals surface area contributed by atoms with Crippen LogP contribution in [0.2, 0.25) is 0 Å². The Kier molecular flexibility index (Phi) is 5.17. The number of carbonyl (C=O) groups is 2. The molecule has 2 N–H and O–H groups in total. The van der Waals surface area contributed by atoms with Crippen LogP contribution in [0, 0.1) is 29.9 Å². The van der Waals surface area contributed by atoms with Gasteiger partial charge in [-0.25, -0.2) is 18.6 Å². The van der Waals surface area contributed by atoms with Crippen LogP contribution >= 0.6 is 0 Å². The summed E-state index contributed by atoms with van der Waals surface area (Å²) in [5.74, 6) is -2.59. The molecule has 1 atom stereocenters. The van der Waals surface area contributed by atoms with E-state index in [1.807, 2.05) is 6.07 Å². The van der Waals surface area contributed by atoms with E-state index >= 15 is 0 Å². The zero-order valence-corrected chi connectivity index (χ0v) is 15.1. The van der Waals surface area contributed by atoms with E-state index in [1.165, 1.54) is 12.3 Å². The van der Waals surface area contributed by atoms with E-state index in [0.717, 1.165) is 11.0 Å². The fourth-order valence-corrected chi connectivity index (χ4v) is 2.80. The van der Waals surface area contributed by atoms with Gasteiger partial charge in [0.05, 0.1) is 35.9 Å². The number of hydrogen-bond donors (Lipinski definition) is 2. The van der Waals surface area contributed by atoms with E-state index in [1.54, 1.807) is 13.8 Å². The van der Waals surface area contributed by atoms with Crippen molar-refractivity contribution in [3.05, 3.63) is 52.6 Å². The molecule has 10 heteroatoms. The van der Waals surface area contributed by atoms with Crippen molar-refractivity contribution in [2.45, 2.75) is 26.4 Å². The zero-order chi connectivity index (χ0) is 20.4. The number of aromatic nitrogens is 2. The molecular weight excluding hydrogens is 370 g/mol. The first kappa shape index (κ1) is 19.2. The highest BCUT2D eigenvalue weighted by atomic mass is 19.2. The minimum atomic E-state index is -1.06. The molecule has 0 fully saturated rings. The molecule has 0 radical (unpaired) electrons. The number of urea groups is 1. The average molecular weight is 386 g/mol. The molecule has 0 saturated carbocycles. The Morgan fingerprint density at radius 3 is 2.89 bits per heavy atom. The Hall–Kier alpha value is -3.61. The van der Waals surface area contributed by atoms with Crippen LogP contribution in [0.3, 0.4) is 0 Å². The maximum atomic E-state index is 14.0. The summed E-state index contributed by atoms with van der Waals surface area (Å²) in [5, 5.41) is 14.0. The molecule has 8 nitrogen and oxygen atoms in total. The maximum absolute atomic E-state index is 14.0. The Morgan fingerprint density at radius 2 is 2.21 bits per heavy atom. The number of benzene rings is 1. The van der Waals surface area contributed by atoms with E-state index in [4.69, 9.17) is 5.26 Å². The van der Waals surface area contributed by atoms with Gasteiger partial charge >= 0.3 is 6.03 Å². The molecule has 1 aromatic heterocycles. The molecule has 0 spiro atoms. The van der Waals surface area contributed by atoms with Crippen LogP contribution in [-0.4, -0.2) is 33.4 Å². The van der Waals surface area contributed by atoms with Gasteiger partial charge in [-0.05, 0) is 26.0 Å². The highest BCUT2D eigenvalue weighted by Gasteiger charge is 2.28. The smallest absolute Gasteiger partial charge is 0.322 e. The number of nitrogens with zero attached hydrogens (tertiary/aromatic N) is 4. The lowest BCUT2D eigenvalue weighted by Crippen LogP contribution is -2.45. The van der Waals surface area contributed by atoms with Crippen LogP contribution in [0.15, 0.2) is 18.3 Å². The van der Waals surface area contributed by atoms with Gasteiger partial charge in [-0.2, -0.15) is 5.26 Å². The molecule has 1 aliphatic rings. The molecule has 0 bridgehead atoms. The third-order valence-corrected chi connectivity index (χ3v) is 4.30. The monoisotopic (exact) mass is 386 g/mol. The second-order valence-electron chi connectivity index (χ2n) is 6.30. The van der Waals surface area contributed by atoms with Crippen LogP contribution in [0.5, 0.6) is 0 Å². The standard InChI is InChI=1S/C18H16F2N6O2/c1-9-14(5-21)22-6-15(23-9)10(2)24-16(27)8-26-7-11-13(25-18(26)28)4-3-12(19)17(11)20/h3-4,6,10H,7-8H2,1-2H3,(H,24,27)(H,25,28)/t10-/m1/s1. The van der Waals surface area contributed by atoms with Gasteiger partial charge < -0.3 is 15.5 Å². The minimum Gasteiger partial charge on any atom is -0.346 e. The Morgan fingerprint density at radius 1 is 1.46 bits per heavy atom. The molecule has 2 aromatic rings. The second-order valence-corrected chi connectivity index (χ2v) is 6.30. The van der Waals surface area contributed by atoms with Crippen LogP contribution in [0.4, 0.5) is 19.3 Å². The quantitative estimate of drug-likeness (QED) is 0.837.